The van der Waals surface area contributed by atoms with Gasteiger partial charge in [-0.15, -0.1) is 0 Å². The highest BCUT2D eigenvalue weighted by atomic mass is 79.9. The smallest absolute Gasteiger partial charge is 0.221 e. The summed E-state index contributed by atoms with van der Waals surface area (Å²) in [4.78, 5) is 11.6. The maximum Gasteiger partial charge on any atom is 0.221 e. The second-order valence-corrected chi connectivity index (χ2v) is 5.26. The number of rotatable bonds is 6. The number of anilines is 2. The first-order valence-corrected chi connectivity index (χ1v) is 7.01. The van der Waals surface area contributed by atoms with E-state index in [1.54, 1.807) is 6.07 Å². The fraction of sp³-hybridized carbons (Fsp3) is 0.462. The lowest BCUT2D eigenvalue weighted by Gasteiger charge is -2.13. The van der Waals surface area contributed by atoms with E-state index in [4.69, 9.17) is 5.73 Å². The van der Waals surface area contributed by atoms with Crippen LogP contribution in [0.15, 0.2) is 16.6 Å². The topological polar surface area (TPSA) is 67.2 Å². The predicted octanol–water partition coefficient (Wildman–Crippen LogP) is 2.89. The average molecular weight is 332 g/mol. The highest BCUT2D eigenvalue weighted by molar-refractivity contribution is 9.10. The van der Waals surface area contributed by atoms with Crippen molar-refractivity contribution in [2.75, 3.05) is 17.6 Å². The minimum atomic E-state index is -0.405. The molecule has 0 aromatic heterocycles. The lowest BCUT2D eigenvalue weighted by atomic mass is 10.2. The zero-order valence-electron chi connectivity index (χ0n) is 11.1. The number of benzene rings is 1. The van der Waals surface area contributed by atoms with Gasteiger partial charge in [-0.2, -0.15) is 0 Å². The summed E-state index contributed by atoms with van der Waals surface area (Å²) >= 11 is 3.09. The van der Waals surface area contributed by atoms with E-state index in [1.807, 2.05) is 13.8 Å². The fourth-order valence-electron chi connectivity index (χ4n) is 1.48. The first-order valence-electron chi connectivity index (χ1n) is 6.21. The normalized spacial score (nSPS) is 12.0. The molecular weight excluding hydrogens is 313 g/mol. The van der Waals surface area contributed by atoms with Crippen LogP contribution in [0.2, 0.25) is 0 Å². The van der Waals surface area contributed by atoms with Crippen LogP contribution in [0.5, 0.6) is 0 Å². The second-order valence-electron chi connectivity index (χ2n) is 4.41. The summed E-state index contributed by atoms with van der Waals surface area (Å²) in [6.45, 7) is 4.42. The van der Waals surface area contributed by atoms with E-state index in [1.165, 1.54) is 6.07 Å². The molecule has 1 atom stereocenters. The van der Waals surface area contributed by atoms with E-state index in [0.717, 1.165) is 6.42 Å². The maximum absolute atomic E-state index is 13.2. The maximum atomic E-state index is 13.2. The SMILES string of the molecule is CCC(C)NC(=O)CCNc1cc(Br)c(F)cc1N. The van der Waals surface area contributed by atoms with Crippen molar-refractivity contribution in [1.29, 1.82) is 0 Å². The average Bonchev–Trinajstić information content (AvgIpc) is 2.35. The summed E-state index contributed by atoms with van der Waals surface area (Å²) in [5, 5.41) is 5.89. The third-order valence-electron chi connectivity index (χ3n) is 2.78. The lowest BCUT2D eigenvalue weighted by Crippen LogP contribution is -2.33. The van der Waals surface area contributed by atoms with Gasteiger partial charge in [0, 0.05) is 25.1 Å². The number of nitrogens with one attached hydrogen (secondary N) is 2. The molecule has 0 bridgehead atoms. The van der Waals surface area contributed by atoms with Crippen LogP contribution >= 0.6 is 15.9 Å². The molecule has 1 rings (SSSR count). The molecule has 0 heterocycles. The van der Waals surface area contributed by atoms with Crippen molar-refractivity contribution in [3.05, 3.63) is 22.4 Å². The molecule has 106 valence electrons. The van der Waals surface area contributed by atoms with Gasteiger partial charge in [0.25, 0.3) is 0 Å². The predicted molar refractivity (Wildman–Crippen MR) is 79.5 cm³/mol. The first-order chi connectivity index (χ1) is 8.93. The van der Waals surface area contributed by atoms with E-state index >= 15 is 0 Å². The Kier molecular flexibility index (Phi) is 6.08. The molecule has 1 aromatic carbocycles. The van der Waals surface area contributed by atoms with Gasteiger partial charge in [-0.1, -0.05) is 6.92 Å². The number of nitrogens with two attached hydrogens (primary N) is 1. The Balaban J connectivity index is 2.45. The van der Waals surface area contributed by atoms with Gasteiger partial charge in [0.2, 0.25) is 5.91 Å². The van der Waals surface area contributed by atoms with Gasteiger partial charge in [0.15, 0.2) is 0 Å². The van der Waals surface area contributed by atoms with E-state index in [-0.39, 0.29) is 11.9 Å². The standard InChI is InChI=1S/C13H19BrFN3O/c1-3-8(2)18-13(19)4-5-17-12-6-9(14)10(15)7-11(12)16/h6-8,17H,3-5,16H2,1-2H3,(H,18,19). The molecule has 1 unspecified atom stereocenters. The van der Waals surface area contributed by atoms with Crippen LogP contribution in [0.3, 0.4) is 0 Å². The van der Waals surface area contributed by atoms with Gasteiger partial charge in [-0.3, -0.25) is 4.79 Å². The second kappa shape index (κ2) is 7.33. The molecule has 1 amide bonds. The highest BCUT2D eigenvalue weighted by Gasteiger charge is 2.08. The van der Waals surface area contributed by atoms with Crippen molar-refractivity contribution in [2.24, 2.45) is 0 Å². The summed E-state index contributed by atoms with van der Waals surface area (Å²) in [6.07, 6.45) is 1.25. The molecule has 19 heavy (non-hydrogen) atoms. The van der Waals surface area contributed by atoms with E-state index in [2.05, 4.69) is 26.6 Å². The van der Waals surface area contributed by atoms with Crippen LogP contribution in [0.1, 0.15) is 26.7 Å². The van der Waals surface area contributed by atoms with Crippen LogP contribution in [0.4, 0.5) is 15.8 Å². The molecule has 0 aliphatic rings. The number of amides is 1. The van der Waals surface area contributed by atoms with Crippen LogP contribution in [0, 0.1) is 5.82 Å². The minimum absolute atomic E-state index is 0.0124. The van der Waals surface area contributed by atoms with Crippen LogP contribution in [-0.4, -0.2) is 18.5 Å². The zero-order chi connectivity index (χ0) is 14.4. The zero-order valence-corrected chi connectivity index (χ0v) is 12.7. The summed E-state index contributed by atoms with van der Waals surface area (Å²) in [5.41, 5.74) is 6.62. The van der Waals surface area contributed by atoms with Crippen molar-refractivity contribution in [3.63, 3.8) is 0 Å². The van der Waals surface area contributed by atoms with Crippen molar-refractivity contribution < 1.29 is 9.18 Å². The summed E-state index contributed by atoms with van der Waals surface area (Å²) in [6, 6.07) is 2.99. The van der Waals surface area contributed by atoms with Crippen molar-refractivity contribution >= 4 is 33.2 Å². The van der Waals surface area contributed by atoms with E-state index in [0.29, 0.717) is 28.8 Å². The molecule has 1 aromatic rings. The molecule has 4 nitrogen and oxygen atoms in total. The van der Waals surface area contributed by atoms with Gasteiger partial charge < -0.3 is 16.4 Å². The molecular formula is C13H19BrFN3O. The van der Waals surface area contributed by atoms with Crippen LogP contribution < -0.4 is 16.4 Å². The third kappa shape index (κ3) is 5.06. The molecule has 0 saturated heterocycles. The molecule has 0 aliphatic heterocycles. The fourth-order valence-corrected chi connectivity index (χ4v) is 1.82. The number of carbonyl (C=O) groups excluding carboxylic acids is 1. The van der Waals surface area contributed by atoms with Gasteiger partial charge >= 0.3 is 0 Å². The molecule has 0 saturated carbocycles. The Labute approximate surface area is 121 Å². The minimum Gasteiger partial charge on any atom is -0.397 e. The summed E-state index contributed by atoms with van der Waals surface area (Å²) in [5.74, 6) is -0.417. The Morgan fingerprint density at radius 2 is 2.21 bits per heavy atom. The summed E-state index contributed by atoms with van der Waals surface area (Å²) < 4.78 is 13.5. The Morgan fingerprint density at radius 1 is 1.53 bits per heavy atom. The Hall–Kier alpha value is -1.30. The first kappa shape index (κ1) is 15.8. The van der Waals surface area contributed by atoms with E-state index < -0.39 is 5.82 Å². The van der Waals surface area contributed by atoms with Gasteiger partial charge in [0.1, 0.15) is 5.82 Å². The monoisotopic (exact) mass is 331 g/mol. The molecule has 6 heteroatoms. The van der Waals surface area contributed by atoms with Crippen LogP contribution in [-0.2, 0) is 4.79 Å². The number of nitrogen functional groups attached to an aromatic ring is 1. The Bertz CT molecular complexity index is 454. The van der Waals surface area contributed by atoms with Crippen molar-refractivity contribution in [1.82, 2.24) is 5.32 Å². The lowest BCUT2D eigenvalue weighted by molar-refractivity contribution is -0.121. The number of carbonyl (C=O) groups is 1. The molecule has 4 N–H and O–H groups in total. The van der Waals surface area contributed by atoms with Gasteiger partial charge in [-0.25, -0.2) is 4.39 Å². The molecule has 0 aliphatic carbocycles. The van der Waals surface area contributed by atoms with Gasteiger partial charge in [0.05, 0.1) is 15.8 Å². The number of hydrogen-bond donors (Lipinski definition) is 3. The highest BCUT2D eigenvalue weighted by Crippen LogP contribution is 2.26. The number of halogens is 2. The van der Waals surface area contributed by atoms with Crippen molar-refractivity contribution in [2.45, 2.75) is 32.7 Å². The number of hydrogen-bond acceptors (Lipinski definition) is 3. The largest absolute Gasteiger partial charge is 0.397 e. The summed E-state index contributed by atoms with van der Waals surface area (Å²) in [7, 11) is 0. The van der Waals surface area contributed by atoms with Crippen molar-refractivity contribution in [3.8, 4) is 0 Å². The van der Waals surface area contributed by atoms with E-state index in [9.17, 15) is 9.18 Å². The quantitative estimate of drug-likeness (QED) is 0.702. The van der Waals surface area contributed by atoms with Gasteiger partial charge in [-0.05, 0) is 35.3 Å². The molecule has 0 radical (unpaired) electrons. The molecule has 0 spiro atoms. The third-order valence-corrected chi connectivity index (χ3v) is 3.39. The molecule has 0 fully saturated rings. The Morgan fingerprint density at radius 3 is 2.84 bits per heavy atom. The van der Waals surface area contributed by atoms with Crippen LogP contribution in [0.25, 0.3) is 0 Å².